The number of para-hydroxylation sites is 1. The summed E-state index contributed by atoms with van der Waals surface area (Å²) in [7, 11) is 0. The van der Waals surface area contributed by atoms with Crippen LogP contribution in [0, 0.1) is 11.3 Å². The molecule has 2 aromatic carbocycles. The Morgan fingerprint density at radius 3 is 2.70 bits per heavy atom. The van der Waals surface area contributed by atoms with Crippen molar-refractivity contribution in [3.63, 3.8) is 0 Å². The molecule has 1 aromatic heterocycles. The summed E-state index contributed by atoms with van der Waals surface area (Å²) in [5.74, 6) is 0.442. The lowest BCUT2D eigenvalue weighted by atomic mass is 10.0. The maximum absolute atomic E-state index is 9.41. The Hall–Kier alpha value is -3.06. The number of fused-ring (bicyclic) bond motifs is 1. The predicted molar refractivity (Wildman–Crippen MR) is 94.7 cm³/mol. The second kappa shape index (κ2) is 5.98. The van der Waals surface area contributed by atoms with E-state index in [4.69, 9.17) is 5.73 Å². The van der Waals surface area contributed by atoms with Gasteiger partial charge in [0.05, 0.1) is 22.5 Å². The minimum Gasteiger partial charge on any atom is -0.397 e. The van der Waals surface area contributed by atoms with Gasteiger partial charge < -0.3 is 11.1 Å². The molecule has 1 heterocycles. The topological polar surface area (TPSA) is 74.7 Å². The lowest BCUT2D eigenvalue weighted by Crippen LogP contribution is -1.99. The molecule has 4 nitrogen and oxygen atoms in total. The number of nitrogens with zero attached hydrogens (tertiary/aromatic N) is 2. The van der Waals surface area contributed by atoms with Gasteiger partial charge in [-0.15, -0.1) is 0 Å². The molecule has 0 spiro atoms. The Balaban J connectivity index is 2.14. The molecule has 0 atom stereocenters. The molecule has 0 bridgehead atoms. The molecule has 0 fully saturated rings. The first kappa shape index (κ1) is 14.9. The number of hydrogen-bond acceptors (Lipinski definition) is 4. The van der Waals surface area contributed by atoms with Gasteiger partial charge in [-0.05, 0) is 29.7 Å². The van der Waals surface area contributed by atoms with E-state index in [1.165, 1.54) is 5.56 Å². The molecule has 0 radical (unpaired) electrons. The van der Waals surface area contributed by atoms with Crippen molar-refractivity contribution in [2.24, 2.45) is 0 Å². The summed E-state index contributed by atoms with van der Waals surface area (Å²) in [6.45, 7) is 4.31. The summed E-state index contributed by atoms with van der Waals surface area (Å²) in [4.78, 5) is 4.31. The minimum atomic E-state index is 0.442. The van der Waals surface area contributed by atoms with Gasteiger partial charge in [0, 0.05) is 17.3 Å². The maximum atomic E-state index is 9.41. The third-order valence-electron chi connectivity index (χ3n) is 3.87. The molecule has 0 amide bonds. The van der Waals surface area contributed by atoms with Crippen LogP contribution in [0.1, 0.15) is 30.9 Å². The normalized spacial score (nSPS) is 10.7. The molecular formula is C19H18N4. The van der Waals surface area contributed by atoms with Crippen molar-refractivity contribution in [1.29, 1.82) is 5.26 Å². The van der Waals surface area contributed by atoms with Crippen LogP contribution in [0.5, 0.6) is 0 Å². The molecule has 3 N–H and O–H groups in total. The Morgan fingerprint density at radius 1 is 1.17 bits per heavy atom. The smallest absolute Gasteiger partial charge is 0.103 e. The lowest BCUT2D eigenvalue weighted by Gasteiger charge is -2.14. The molecule has 0 unspecified atom stereocenters. The molecule has 0 aliphatic heterocycles. The fourth-order valence-corrected chi connectivity index (χ4v) is 2.59. The van der Waals surface area contributed by atoms with Crippen molar-refractivity contribution >= 4 is 28.0 Å². The molecule has 0 saturated heterocycles. The fraction of sp³-hybridized carbons (Fsp3) is 0.158. The third kappa shape index (κ3) is 2.82. The lowest BCUT2D eigenvalue weighted by molar-refractivity contribution is 0.867. The van der Waals surface area contributed by atoms with Gasteiger partial charge in [0.2, 0.25) is 0 Å². The Labute approximate surface area is 135 Å². The molecular weight excluding hydrogens is 284 g/mol. The van der Waals surface area contributed by atoms with Crippen LogP contribution >= 0.6 is 0 Å². The van der Waals surface area contributed by atoms with E-state index in [0.717, 1.165) is 16.8 Å². The van der Waals surface area contributed by atoms with Crippen LogP contribution in [-0.2, 0) is 0 Å². The van der Waals surface area contributed by atoms with Crippen LogP contribution in [0.2, 0.25) is 0 Å². The van der Waals surface area contributed by atoms with Gasteiger partial charge in [-0.2, -0.15) is 5.26 Å². The van der Waals surface area contributed by atoms with Gasteiger partial charge in [-0.3, -0.25) is 4.98 Å². The van der Waals surface area contributed by atoms with Gasteiger partial charge in [-0.1, -0.05) is 38.1 Å². The number of anilines is 3. The van der Waals surface area contributed by atoms with Gasteiger partial charge in [-0.25, -0.2) is 0 Å². The molecule has 4 heteroatoms. The van der Waals surface area contributed by atoms with Crippen LogP contribution in [0.3, 0.4) is 0 Å². The summed E-state index contributed by atoms with van der Waals surface area (Å²) >= 11 is 0. The van der Waals surface area contributed by atoms with Crippen LogP contribution in [-0.4, -0.2) is 4.98 Å². The molecule has 114 valence electrons. The van der Waals surface area contributed by atoms with Crippen molar-refractivity contribution in [2.45, 2.75) is 19.8 Å². The number of aromatic nitrogens is 1. The second-order valence-electron chi connectivity index (χ2n) is 5.81. The standard InChI is InChI=1S/C19H18N4/c1-12(2)13-5-3-6-15(9-13)23-18-14(10-20)11-22-19-16(18)7-4-8-17(19)21/h3-9,11-12H,21H2,1-2H3,(H,22,23). The van der Waals surface area contributed by atoms with E-state index in [9.17, 15) is 5.26 Å². The van der Waals surface area contributed by atoms with E-state index in [2.05, 4.69) is 42.4 Å². The molecule has 0 saturated carbocycles. The van der Waals surface area contributed by atoms with Crippen molar-refractivity contribution in [2.75, 3.05) is 11.1 Å². The first-order valence-corrected chi connectivity index (χ1v) is 7.54. The fourth-order valence-electron chi connectivity index (χ4n) is 2.59. The highest BCUT2D eigenvalue weighted by atomic mass is 14.9. The van der Waals surface area contributed by atoms with Crippen molar-refractivity contribution in [3.8, 4) is 6.07 Å². The molecule has 3 aromatic rings. The SMILES string of the molecule is CC(C)c1cccc(Nc2c(C#N)cnc3c(N)cccc23)c1. The highest BCUT2D eigenvalue weighted by Gasteiger charge is 2.11. The number of benzene rings is 2. The third-order valence-corrected chi connectivity index (χ3v) is 3.87. The van der Waals surface area contributed by atoms with E-state index in [1.807, 2.05) is 30.3 Å². The number of nitrogens with one attached hydrogen (secondary N) is 1. The zero-order chi connectivity index (χ0) is 16.4. The van der Waals surface area contributed by atoms with E-state index < -0.39 is 0 Å². The Bertz CT molecular complexity index is 907. The van der Waals surface area contributed by atoms with Gasteiger partial charge in [0.15, 0.2) is 0 Å². The van der Waals surface area contributed by atoms with Crippen LogP contribution < -0.4 is 11.1 Å². The van der Waals surface area contributed by atoms with E-state index in [0.29, 0.717) is 22.7 Å². The number of hydrogen-bond donors (Lipinski definition) is 2. The summed E-state index contributed by atoms with van der Waals surface area (Å²) < 4.78 is 0. The van der Waals surface area contributed by atoms with Gasteiger partial charge in [0.1, 0.15) is 6.07 Å². The highest BCUT2D eigenvalue weighted by Crippen LogP contribution is 2.31. The Morgan fingerprint density at radius 2 is 1.96 bits per heavy atom. The highest BCUT2D eigenvalue weighted by molar-refractivity contribution is 6.00. The summed E-state index contributed by atoms with van der Waals surface area (Å²) in [5, 5.41) is 13.6. The van der Waals surface area contributed by atoms with Crippen molar-refractivity contribution in [3.05, 3.63) is 59.8 Å². The molecule has 23 heavy (non-hydrogen) atoms. The molecule has 0 aliphatic carbocycles. The predicted octanol–water partition coefficient (Wildman–Crippen LogP) is 4.56. The number of nitrogens with two attached hydrogens (primary N) is 1. The van der Waals surface area contributed by atoms with Crippen molar-refractivity contribution in [1.82, 2.24) is 4.98 Å². The number of nitriles is 1. The van der Waals surface area contributed by atoms with Gasteiger partial charge in [0.25, 0.3) is 0 Å². The first-order valence-electron chi connectivity index (χ1n) is 7.54. The molecule has 3 rings (SSSR count). The largest absolute Gasteiger partial charge is 0.397 e. The minimum absolute atomic E-state index is 0.442. The maximum Gasteiger partial charge on any atom is 0.103 e. The average molecular weight is 302 g/mol. The van der Waals surface area contributed by atoms with E-state index in [-0.39, 0.29) is 0 Å². The average Bonchev–Trinajstić information content (AvgIpc) is 2.56. The summed E-state index contributed by atoms with van der Waals surface area (Å²) in [6, 6.07) is 16.0. The number of rotatable bonds is 3. The monoisotopic (exact) mass is 302 g/mol. The Kier molecular flexibility index (Phi) is 3.86. The number of pyridine rings is 1. The summed E-state index contributed by atoms with van der Waals surface area (Å²) in [6.07, 6.45) is 1.56. The summed E-state index contributed by atoms with van der Waals surface area (Å²) in [5.41, 5.74) is 10.7. The van der Waals surface area contributed by atoms with Crippen LogP contribution in [0.15, 0.2) is 48.7 Å². The van der Waals surface area contributed by atoms with Crippen LogP contribution in [0.4, 0.5) is 17.1 Å². The zero-order valence-electron chi connectivity index (χ0n) is 13.2. The second-order valence-corrected chi connectivity index (χ2v) is 5.81. The van der Waals surface area contributed by atoms with Crippen molar-refractivity contribution < 1.29 is 0 Å². The number of nitrogen functional groups attached to an aromatic ring is 1. The molecule has 0 aliphatic rings. The zero-order valence-corrected chi connectivity index (χ0v) is 13.2. The van der Waals surface area contributed by atoms with Gasteiger partial charge >= 0.3 is 0 Å². The van der Waals surface area contributed by atoms with Crippen LogP contribution in [0.25, 0.3) is 10.9 Å². The quantitative estimate of drug-likeness (QED) is 0.696. The van der Waals surface area contributed by atoms with E-state index >= 15 is 0 Å². The first-order chi connectivity index (χ1) is 11.1. The van der Waals surface area contributed by atoms with E-state index in [1.54, 1.807) is 6.20 Å².